The van der Waals surface area contributed by atoms with Gasteiger partial charge in [0, 0.05) is 18.0 Å². The predicted molar refractivity (Wildman–Crippen MR) is 87.8 cm³/mol. The number of hydrogen-bond acceptors (Lipinski definition) is 3. The van der Waals surface area contributed by atoms with Gasteiger partial charge in [0.1, 0.15) is 5.75 Å². The predicted octanol–water partition coefficient (Wildman–Crippen LogP) is 4.08. The average Bonchev–Trinajstić information content (AvgIpc) is 2.90. The Bertz CT molecular complexity index is 651. The summed E-state index contributed by atoms with van der Waals surface area (Å²) in [6.07, 6.45) is 3.34. The zero-order chi connectivity index (χ0) is 15.2. The molecule has 0 fully saturated rings. The first-order valence-electron chi connectivity index (χ1n) is 6.40. The summed E-state index contributed by atoms with van der Waals surface area (Å²) < 4.78 is 5.88. The van der Waals surface area contributed by atoms with E-state index >= 15 is 0 Å². The number of rotatable bonds is 5. The van der Waals surface area contributed by atoms with E-state index in [1.54, 1.807) is 31.2 Å². The molecule has 0 saturated carbocycles. The molecule has 0 atom stereocenters. The van der Waals surface area contributed by atoms with E-state index in [0.29, 0.717) is 6.54 Å². The zero-order valence-electron chi connectivity index (χ0n) is 11.9. The SMILES string of the molecule is COc1cccc(/C=C/C(=O)N(C)Cc2ccc(Cl)s2)c1. The average molecular weight is 322 g/mol. The fraction of sp³-hybridized carbons (Fsp3) is 0.188. The first kappa shape index (κ1) is 15.6. The van der Waals surface area contributed by atoms with Gasteiger partial charge in [-0.15, -0.1) is 11.3 Å². The Morgan fingerprint density at radius 1 is 1.38 bits per heavy atom. The van der Waals surface area contributed by atoms with Crippen molar-refractivity contribution in [2.45, 2.75) is 6.54 Å². The molecule has 0 aliphatic carbocycles. The maximum atomic E-state index is 12.1. The van der Waals surface area contributed by atoms with Crippen LogP contribution in [0.3, 0.4) is 0 Å². The molecule has 0 aliphatic heterocycles. The molecule has 0 aliphatic rings. The van der Waals surface area contributed by atoms with Crippen molar-refractivity contribution >= 4 is 34.9 Å². The number of halogens is 1. The van der Waals surface area contributed by atoms with Crippen LogP contribution < -0.4 is 4.74 Å². The second kappa shape index (κ2) is 7.29. The Kier molecular flexibility index (Phi) is 5.42. The van der Waals surface area contributed by atoms with E-state index in [0.717, 1.165) is 20.5 Å². The lowest BCUT2D eigenvalue weighted by Gasteiger charge is -2.13. The standard InChI is InChI=1S/C16H16ClNO2S/c1-18(11-14-7-8-15(17)21-14)16(19)9-6-12-4-3-5-13(10-12)20-2/h3-10H,11H2,1-2H3/b9-6+. The Balaban J connectivity index is 1.97. The van der Waals surface area contributed by atoms with Crippen LogP contribution in [0, 0.1) is 0 Å². The Labute approximate surface area is 133 Å². The molecular weight excluding hydrogens is 306 g/mol. The van der Waals surface area contributed by atoms with Gasteiger partial charge in [-0.2, -0.15) is 0 Å². The van der Waals surface area contributed by atoms with Gasteiger partial charge in [0.2, 0.25) is 5.91 Å². The smallest absolute Gasteiger partial charge is 0.246 e. The molecule has 0 radical (unpaired) electrons. The monoisotopic (exact) mass is 321 g/mol. The van der Waals surface area contributed by atoms with E-state index in [-0.39, 0.29) is 5.91 Å². The molecule has 110 valence electrons. The highest BCUT2D eigenvalue weighted by Gasteiger charge is 2.07. The molecule has 1 amide bonds. The van der Waals surface area contributed by atoms with Crippen LogP contribution in [0.2, 0.25) is 4.34 Å². The Morgan fingerprint density at radius 3 is 2.86 bits per heavy atom. The van der Waals surface area contributed by atoms with Crippen molar-refractivity contribution in [3.8, 4) is 5.75 Å². The summed E-state index contributed by atoms with van der Waals surface area (Å²) in [4.78, 5) is 14.8. The van der Waals surface area contributed by atoms with Crippen molar-refractivity contribution in [1.82, 2.24) is 4.90 Å². The number of ether oxygens (including phenoxy) is 1. The number of benzene rings is 1. The highest BCUT2D eigenvalue weighted by molar-refractivity contribution is 7.16. The van der Waals surface area contributed by atoms with Gasteiger partial charge in [-0.3, -0.25) is 4.79 Å². The lowest BCUT2D eigenvalue weighted by molar-refractivity contribution is -0.125. The van der Waals surface area contributed by atoms with Crippen LogP contribution in [0.15, 0.2) is 42.5 Å². The summed E-state index contributed by atoms with van der Waals surface area (Å²) in [7, 11) is 3.39. The first-order chi connectivity index (χ1) is 10.1. The normalized spacial score (nSPS) is 10.8. The lowest BCUT2D eigenvalue weighted by Crippen LogP contribution is -2.23. The summed E-state index contributed by atoms with van der Waals surface area (Å²) in [5.41, 5.74) is 0.926. The summed E-state index contributed by atoms with van der Waals surface area (Å²) in [5.74, 6) is 0.716. The molecule has 1 heterocycles. The number of thiophene rings is 1. The third-order valence-corrected chi connectivity index (χ3v) is 4.13. The van der Waals surface area contributed by atoms with Crippen molar-refractivity contribution < 1.29 is 9.53 Å². The molecule has 2 aromatic rings. The molecule has 0 bridgehead atoms. The highest BCUT2D eigenvalue weighted by atomic mass is 35.5. The van der Waals surface area contributed by atoms with Crippen molar-refractivity contribution in [3.63, 3.8) is 0 Å². The molecule has 21 heavy (non-hydrogen) atoms. The Hall–Kier alpha value is -1.78. The van der Waals surface area contributed by atoms with Crippen molar-refractivity contribution in [2.75, 3.05) is 14.2 Å². The largest absolute Gasteiger partial charge is 0.497 e. The van der Waals surface area contributed by atoms with Gasteiger partial charge in [-0.1, -0.05) is 23.7 Å². The van der Waals surface area contributed by atoms with Gasteiger partial charge < -0.3 is 9.64 Å². The van der Waals surface area contributed by atoms with Crippen molar-refractivity contribution in [3.05, 3.63) is 57.3 Å². The Morgan fingerprint density at radius 2 is 2.19 bits per heavy atom. The number of amides is 1. The third kappa shape index (κ3) is 4.62. The number of likely N-dealkylation sites (N-methyl/N-ethyl adjacent to an activating group) is 1. The van der Waals surface area contributed by atoms with Gasteiger partial charge in [-0.05, 0) is 35.9 Å². The van der Waals surface area contributed by atoms with Gasteiger partial charge in [-0.25, -0.2) is 0 Å². The van der Waals surface area contributed by atoms with Crippen LogP contribution in [-0.4, -0.2) is 25.0 Å². The van der Waals surface area contributed by atoms with Crippen LogP contribution in [0.4, 0.5) is 0 Å². The number of hydrogen-bond donors (Lipinski definition) is 0. The van der Waals surface area contributed by atoms with Crippen LogP contribution in [0.25, 0.3) is 6.08 Å². The van der Waals surface area contributed by atoms with Gasteiger partial charge in [0.05, 0.1) is 18.0 Å². The van der Waals surface area contributed by atoms with Crippen LogP contribution >= 0.6 is 22.9 Å². The minimum Gasteiger partial charge on any atom is -0.497 e. The fourth-order valence-corrected chi connectivity index (χ4v) is 2.93. The van der Waals surface area contributed by atoms with E-state index in [4.69, 9.17) is 16.3 Å². The summed E-state index contributed by atoms with van der Waals surface area (Å²) in [6, 6.07) is 11.3. The third-order valence-electron chi connectivity index (χ3n) is 2.91. The summed E-state index contributed by atoms with van der Waals surface area (Å²) in [6.45, 7) is 0.554. The quantitative estimate of drug-likeness (QED) is 0.776. The summed E-state index contributed by atoms with van der Waals surface area (Å²) >= 11 is 7.37. The molecule has 1 aromatic heterocycles. The molecule has 0 unspecified atom stereocenters. The van der Waals surface area contributed by atoms with E-state index in [2.05, 4.69) is 0 Å². The molecule has 3 nitrogen and oxygen atoms in total. The van der Waals surface area contributed by atoms with Crippen molar-refractivity contribution in [2.24, 2.45) is 0 Å². The zero-order valence-corrected chi connectivity index (χ0v) is 13.4. The molecule has 1 aromatic carbocycles. The van der Waals surface area contributed by atoms with Gasteiger partial charge >= 0.3 is 0 Å². The molecule has 2 rings (SSSR count). The molecular formula is C16H16ClNO2S. The number of methoxy groups -OCH3 is 1. The minimum atomic E-state index is -0.0534. The second-order valence-corrected chi connectivity index (χ2v) is 6.31. The van der Waals surface area contributed by atoms with Crippen LogP contribution in [-0.2, 0) is 11.3 Å². The fourth-order valence-electron chi connectivity index (χ4n) is 1.79. The van der Waals surface area contributed by atoms with E-state index < -0.39 is 0 Å². The topological polar surface area (TPSA) is 29.5 Å². The van der Waals surface area contributed by atoms with E-state index in [1.807, 2.05) is 36.4 Å². The molecule has 0 saturated heterocycles. The molecule has 5 heteroatoms. The highest BCUT2D eigenvalue weighted by Crippen LogP contribution is 2.22. The van der Waals surface area contributed by atoms with Gasteiger partial charge in [0.25, 0.3) is 0 Å². The maximum Gasteiger partial charge on any atom is 0.246 e. The second-order valence-electron chi connectivity index (χ2n) is 4.51. The number of carbonyl (C=O) groups excluding carboxylic acids is 1. The van der Waals surface area contributed by atoms with Crippen LogP contribution in [0.1, 0.15) is 10.4 Å². The molecule has 0 spiro atoms. The maximum absolute atomic E-state index is 12.1. The molecule has 0 N–H and O–H groups in total. The number of nitrogens with zero attached hydrogens (tertiary/aromatic N) is 1. The minimum absolute atomic E-state index is 0.0534. The van der Waals surface area contributed by atoms with Crippen LogP contribution in [0.5, 0.6) is 5.75 Å². The van der Waals surface area contributed by atoms with E-state index in [9.17, 15) is 4.79 Å². The van der Waals surface area contributed by atoms with E-state index in [1.165, 1.54) is 11.3 Å². The first-order valence-corrected chi connectivity index (χ1v) is 7.59. The number of carbonyl (C=O) groups is 1. The lowest BCUT2D eigenvalue weighted by atomic mass is 10.2. The van der Waals surface area contributed by atoms with Gasteiger partial charge in [0.15, 0.2) is 0 Å². The van der Waals surface area contributed by atoms with Crippen molar-refractivity contribution in [1.29, 1.82) is 0 Å². The summed E-state index contributed by atoms with van der Waals surface area (Å²) in [5, 5.41) is 0.